The number of rotatable bonds is 5. The molecule has 0 unspecified atom stereocenters. The lowest BCUT2D eigenvalue weighted by molar-refractivity contribution is -0.116. The van der Waals surface area contributed by atoms with Gasteiger partial charge in [-0.2, -0.15) is 0 Å². The van der Waals surface area contributed by atoms with Crippen molar-refractivity contribution < 1.29 is 14.1 Å². The molecule has 2 aromatic heterocycles. The number of pyridine rings is 1. The van der Waals surface area contributed by atoms with E-state index in [0.717, 1.165) is 29.5 Å². The number of anilines is 1. The van der Waals surface area contributed by atoms with Crippen LogP contribution in [0.5, 0.6) is 0 Å². The van der Waals surface area contributed by atoms with E-state index in [0.29, 0.717) is 17.9 Å². The number of amides is 2. The normalized spacial score (nSPS) is 15.7. The Labute approximate surface area is 185 Å². The van der Waals surface area contributed by atoms with Crippen LogP contribution < -0.4 is 10.9 Å². The molecular formula is C24H26N4O4. The Morgan fingerprint density at radius 1 is 1.16 bits per heavy atom. The molecule has 0 spiro atoms. The molecule has 8 nitrogen and oxygen atoms in total. The summed E-state index contributed by atoms with van der Waals surface area (Å²) in [6.07, 6.45) is 3.27. The van der Waals surface area contributed by atoms with Gasteiger partial charge in [-0.3, -0.25) is 14.4 Å². The van der Waals surface area contributed by atoms with E-state index in [1.807, 2.05) is 11.8 Å². The summed E-state index contributed by atoms with van der Waals surface area (Å²) in [5.74, 6) is 0.268. The fourth-order valence-corrected chi connectivity index (χ4v) is 4.16. The topological polar surface area (TPSA) is 97.4 Å². The maximum absolute atomic E-state index is 13.4. The lowest BCUT2D eigenvalue weighted by Crippen LogP contribution is -2.33. The fourth-order valence-electron chi connectivity index (χ4n) is 4.16. The summed E-state index contributed by atoms with van der Waals surface area (Å²) in [6.45, 7) is 6.25. The van der Waals surface area contributed by atoms with E-state index in [1.54, 1.807) is 13.0 Å². The molecule has 0 saturated carbocycles. The molecule has 4 rings (SSSR count). The molecule has 0 radical (unpaired) electrons. The largest absolute Gasteiger partial charge is 0.360 e. The molecule has 1 atom stereocenters. The quantitative estimate of drug-likeness (QED) is 0.664. The summed E-state index contributed by atoms with van der Waals surface area (Å²) < 4.78 is 6.16. The van der Waals surface area contributed by atoms with Gasteiger partial charge in [-0.25, -0.2) is 0 Å². The SMILES string of the molecule is Cc1ccc(C)c([C@@H]2CCCN2C(=O)c2ccc(=O)n(CC(=O)Nc3cc(C)on3)c2)c1. The van der Waals surface area contributed by atoms with Gasteiger partial charge in [-0.15, -0.1) is 0 Å². The molecule has 1 aliphatic rings. The van der Waals surface area contributed by atoms with Crippen LogP contribution in [0.15, 0.2) is 51.9 Å². The zero-order valence-electron chi connectivity index (χ0n) is 18.4. The lowest BCUT2D eigenvalue weighted by Gasteiger charge is -2.27. The number of carbonyl (C=O) groups is 2. The Morgan fingerprint density at radius 3 is 2.72 bits per heavy atom. The van der Waals surface area contributed by atoms with Crippen molar-refractivity contribution in [3.8, 4) is 0 Å². The smallest absolute Gasteiger partial charge is 0.255 e. The molecule has 8 heteroatoms. The number of aromatic nitrogens is 2. The van der Waals surface area contributed by atoms with Crippen LogP contribution in [-0.2, 0) is 11.3 Å². The fraction of sp³-hybridized carbons (Fsp3) is 0.333. The van der Waals surface area contributed by atoms with Crippen molar-refractivity contribution in [2.24, 2.45) is 0 Å². The molecule has 1 saturated heterocycles. The molecule has 32 heavy (non-hydrogen) atoms. The average Bonchev–Trinajstić information content (AvgIpc) is 3.40. The number of aryl methyl sites for hydroxylation is 3. The van der Waals surface area contributed by atoms with E-state index >= 15 is 0 Å². The zero-order valence-corrected chi connectivity index (χ0v) is 18.4. The minimum Gasteiger partial charge on any atom is -0.360 e. The lowest BCUT2D eigenvalue weighted by atomic mass is 9.97. The van der Waals surface area contributed by atoms with Crippen LogP contribution in [-0.4, -0.2) is 33.0 Å². The second-order valence-corrected chi connectivity index (χ2v) is 8.27. The third kappa shape index (κ3) is 4.49. The molecule has 2 amide bonds. The Bertz CT molecular complexity index is 1230. The highest BCUT2D eigenvalue weighted by atomic mass is 16.5. The van der Waals surface area contributed by atoms with Crippen molar-refractivity contribution in [1.29, 1.82) is 0 Å². The van der Waals surface area contributed by atoms with Gasteiger partial charge in [0.05, 0.1) is 11.6 Å². The van der Waals surface area contributed by atoms with E-state index < -0.39 is 5.91 Å². The molecular weight excluding hydrogens is 408 g/mol. The highest BCUT2D eigenvalue weighted by Gasteiger charge is 2.31. The number of benzene rings is 1. The second-order valence-electron chi connectivity index (χ2n) is 8.27. The number of hydrogen-bond donors (Lipinski definition) is 1. The van der Waals surface area contributed by atoms with E-state index in [-0.39, 0.29) is 29.9 Å². The minimum absolute atomic E-state index is 0.00137. The van der Waals surface area contributed by atoms with Crippen molar-refractivity contribution in [2.75, 3.05) is 11.9 Å². The standard InChI is InChI=1S/C24H26N4O4/c1-15-6-7-16(2)19(11-15)20-5-4-10-28(20)24(31)18-8-9-23(30)27(13-18)14-22(29)25-21-12-17(3)32-26-21/h6-9,11-13,20H,4-5,10,14H2,1-3H3,(H,25,26,29)/t20-/m0/s1. The number of carbonyl (C=O) groups excluding carboxylic acids is 2. The van der Waals surface area contributed by atoms with Crippen LogP contribution in [0, 0.1) is 20.8 Å². The molecule has 3 heterocycles. The Balaban J connectivity index is 1.54. The van der Waals surface area contributed by atoms with Gasteiger partial charge >= 0.3 is 0 Å². The summed E-state index contributed by atoms with van der Waals surface area (Å²) in [4.78, 5) is 39.9. The number of hydrogen-bond acceptors (Lipinski definition) is 5. The van der Waals surface area contributed by atoms with Gasteiger partial charge < -0.3 is 19.3 Å². The van der Waals surface area contributed by atoms with Gasteiger partial charge in [-0.05, 0) is 50.8 Å². The van der Waals surface area contributed by atoms with Crippen LogP contribution in [0.3, 0.4) is 0 Å². The van der Waals surface area contributed by atoms with Crippen LogP contribution >= 0.6 is 0 Å². The van der Waals surface area contributed by atoms with Crippen LogP contribution in [0.2, 0.25) is 0 Å². The zero-order chi connectivity index (χ0) is 22.8. The molecule has 166 valence electrons. The van der Waals surface area contributed by atoms with Crippen molar-refractivity contribution in [3.05, 3.63) is 81.0 Å². The minimum atomic E-state index is -0.431. The van der Waals surface area contributed by atoms with Gasteiger partial charge in [0.1, 0.15) is 12.3 Å². The predicted octanol–water partition coefficient (Wildman–Crippen LogP) is 3.38. The molecule has 1 aliphatic heterocycles. The monoisotopic (exact) mass is 434 g/mol. The molecule has 0 bridgehead atoms. The Morgan fingerprint density at radius 2 is 1.97 bits per heavy atom. The highest BCUT2D eigenvalue weighted by Crippen LogP contribution is 2.35. The first-order valence-electron chi connectivity index (χ1n) is 10.6. The van der Waals surface area contributed by atoms with Gasteiger partial charge in [-0.1, -0.05) is 28.9 Å². The summed E-state index contributed by atoms with van der Waals surface area (Å²) in [5.41, 5.74) is 3.50. The molecule has 3 aromatic rings. The van der Waals surface area contributed by atoms with Crippen molar-refractivity contribution in [3.63, 3.8) is 0 Å². The molecule has 0 aliphatic carbocycles. The van der Waals surface area contributed by atoms with Gasteiger partial charge in [0.2, 0.25) is 5.91 Å². The van der Waals surface area contributed by atoms with Crippen molar-refractivity contribution in [2.45, 2.75) is 46.2 Å². The van der Waals surface area contributed by atoms with Gasteiger partial charge in [0.15, 0.2) is 5.82 Å². The average molecular weight is 434 g/mol. The maximum atomic E-state index is 13.4. The highest BCUT2D eigenvalue weighted by molar-refractivity contribution is 5.94. The molecule has 1 N–H and O–H groups in total. The molecule has 1 fully saturated rings. The van der Waals surface area contributed by atoms with Crippen molar-refractivity contribution in [1.82, 2.24) is 14.6 Å². The van der Waals surface area contributed by atoms with Crippen LogP contribution in [0.25, 0.3) is 0 Å². The summed E-state index contributed by atoms with van der Waals surface area (Å²) >= 11 is 0. The van der Waals surface area contributed by atoms with Gasteiger partial charge in [0, 0.05) is 24.9 Å². The third-order valence-corrected chi connectivity index (χ3v) is 5.75. The number of nitrogens with one attached hydrogen (secondary N) is 1. The van der Waals surface area contributed by atoms with E-state index in [2.05, 4.69) is 35.6 Å². The van der Waals surface area contributed by atoms with Crippen LogP contribution in [0.1, 0.15) is 51.7 Å². The number of likely N-dealkylation sites (tertiary alicyclic amines) is 1. The Kier molecular flexibility index (Phi) is 5.94. The van der Waals surface area contributed by atoms with Crippen LogP contribution in [0.4, 0.5) is 5.82 Å². The first kappa shape index (κ1) is 21.5. The summed E-state index contributed by atoms with van der Waals surface area (Å²) in [6, 6.07) is 10.7. The Hall–Kier alpha value is -3.68. The van der Waals surface area contributed by atoms with E-state index in [4.69, 9.17) is 4.52 Å². The number of nitrogens with zero attached hydrogens (tertiary/aromatic N) is 3. The van der Waals surface area contributed by atoms with Crippen molar-refractivity contribution >= 4 is 17.6 Å². The maximum Gasteiger partial charge on any atom is 0.255 e. The summed E-state index contributed by atoms with van der Waals surface area (Å²) in [5, 5.41) is 6.30. The van der Waals surface area contributed by atoms with E-state index in [9.17, 15) is 14.4 Å². The molecule has 1 aromatic carbocycles. The third-order valence-electron chi connectivity index (χ3n) is 5.75. The first-order chi connectivity index (χ1) is 15.3. The first-order valence-corrected chi connectivity index (χ1v) is 10.6. The summed E-state index contributed by atoms with van der Waals surface area (Å²) in [7, 11) is 0. The van der Waals surface area contributed by atoms with Gasteiger partial charge in [0.25, 0.3) is 11.5 Å². The second kappa shape index (κ2) is 8.82. The predicted molar refractivity (Wildman–Crippen MR) is 119 cm³/mol. The van der Waals surface area contributed by atoms with E-state index in [1.165, 1.54) is 22.9 Å².